The smallest absolute Gasteiger partial charge is 0.189 e. The number of aliphatic imine (C=N–C) groups is 1. The molecule has 0 atom stereocenters. The minimum atomic E-state index is 0. The van der Waals surface area contributed by atoms with Gasteiger partial charge in [0.15, 0.2) is 5.96 Å². The zero-order chi connectivity index (χ0) is 19.2. The van der Waals surface area contributed by atoms with Crippen LogP contribution in [0.2, 0.25) is 0 Å². The van der Waals surface area contributed by atoms with Crippen molar-refractivity contribution in [2.45, 2.75) is 32.0 Å². The molecular weight excluding hydrogens is 473 g/mol. The maximum atomic E-state index is 6.15. The highest BCUT2D eigenvalue weighted by Gasteiger charge is 2.19. The Hall–Kier alpha value is -2.19. The monoisotopic (exact) mass is 501 g/mol. The Labute approximate surface area is 189 Å². The molecular formula is C23H28IN5. The zero-order valence-electron chi connectivity index (χ0n) is 16.5. The summed E-state index contributed by atoms with van der Waals surface area (Å²) in [5, 5.41) is 5.71. The number of piperidine rings is 1. The van der Waals surface area contributed by atoms with E-state index in [-0.39, 0.29) is 24.0 Å². The van der Waals surface area contributed by atoms with Crippen LogP contribution in [-0.2, 0) is 13.1 Å². The zero-order valence-corrected chi connectivity index (χ0v) is 18.8. The summed E-state index contributed by atoms with van der Waals surface area (Å²) in [5.41, 5.74) is 8.48. The molecule has 0 bridgehead atoms. The highest BCUT2D eigenvalue weighted by atomic mass is 127. The third-order valence-corrected chi connectivity index (χ3v) is 5.34. The third-order valence-electron chi connectivity index (χ3n) is 5.34. The summed E-state index contributed by atoms with van der Waals surface area (Å²) in [6, 6.07) is 21.3. The van der Waals surface area contributed by atoms with Crippen molar-refractivity contribution >= 4 is 40.7 Å². The first-order chi connectivity index (χ1) is 13.8. The van der Waals surface area contributed by atoms with Crippen molar-refractivity contribution in [1.29, 1.82) is 0 Å². The average Bonchev–Trinajstić information content (AvgIpc) is 2.74. The van der Waals surface area contributed by atoms with Gasteiger partial charge in [-0.2, -0.15) is 0 Å². The van der Waals surface area contributed by atoms with Gasteiger partial charge in [0.1, 0.15) is 0 Å². The van der Waals surface area contributed by atoms with Crippen LogP contribution in [0.1, 0.15) is 24.1 Å². The molecule has 2 aromatic carbocycles. The molecule has 6 heteroatoms. The molecule has 5 nitrogen and oxygen atoms in total. The molecule has 0 radical (unpaired) electrons. The fourth-order valence-electron chi connectivity index (χ4n) is 3.80. The van der Waals surface area contributed by atoms with Gasteiger partial charge in [-0.15, -0.1) is 24.0 Å². The van der Waals surface area contributed by atoms with Crippen LogP contribution < -0.4 is 11.1 Å². The predicted molar refractivity (Wildman–Crippen MR) is 130 cm³/mol. The molecule has 4 rings (SSSR count). The van der Waals surface area contributed by atoms with E-state index in [1.807, 2.05) is 24.4 Å². The molecule has 0 saturated carbocycles. The number of pyridine rings is 1. The number of halogens is 1. The van der Waals surface area contributed by atoms with Gasteiger partial charge in [-0.05, 0) is 29.9 Å². The summed E-state index contributed by atoms with van der Waals surface area (Å²) < 4.78 is 0. The number of nitrogens with two attached hydrogens (primary N) is 1. The van der Waals surface area contributed by atoms with Crippen molar-refractivity contribution in [3.8, 4) is 0 Å². The highest BCUT2D eigenvalue weighted by Crippen LogP contribution is 2.17. The van der Waals surface area contributed by atoms with Crippen LogP contribution in [0.25, 0.3) is 10.8 Å². The molecule has 1 saturated heterocycles. The number of benzene rings is 2. The second kappa shape index (κ2) is 10.5. The van der Waals surface area contributed by atoms with Crippen molar-refractivity contribution in [3.05, 3.63) is 78.1 Å². The molecule has 0 spiro atoms. The molecule has 1 aliphatic heterocycles. The lowest BCUT2D eigenvalue weighted by atomic mass is 10.0. The number of hydrogen-bond acceptors (Lipinski definition) is 3. The van der Waals surface area contributed by atoms with Gasteiger partial charge in [-0.3, -0.25) is 9.88 Å². The standard InChI is InChI=1S/C23H27N5.HI/c24-23(26-16-22-21-9-5-4-8-19(21)10-13-25-22)27-20-11-14-28(15-12-20)17-18-6-2-1-3-7-18;/h1-10,13,20H,11-12,14-17H2,(H3,24,26,27);1H. The molecule has 2 heterocycles. The Bertz CT molecular complexity index is 931. The number of guanidine groups is 1. The van der Waals surface area contributed by atoms with Gasteiger partial charge in [0.25, 0.3) is 0 Å². The van der Waals surface area contributed by atoms with E-state index in [4.69, 9.17) is 5.73 Å². The normalized spacial score (nSPS) is 15.8. The lowest BCUT2D eigenvalue weighted by molar-refractivity contribution is 0.199. The van der Waals surface area contributed by atoms with Crippen molar-refractivity contribution in [3.63, 3.8) is 0 Å². The van der Waals surface area contributed by atoms with Gasteiger partial charge in [-0.25, -0.2) is 4.99 Å². The van der Waals surface area contributed by atoms with Crippen LogP contribution in [0.5, 0.6) is 0 Å². The number of hydrogen-bond donors (Lipinski definition) is 2. The van der Waals surface area contributed by atoms with E-state index < -0.39 is 0 Å². The Kier molecular flexibility index (Phi) is 7.83. The Balaban J connectivity index is 0.00000240. The fourth-order valence-corrected chi connectivity index (χ4v) is 3.80. The summed E-state index contributed by atoms with van der Waals surface area (Å²) in [7, 11) is 0. The van der Waals surface area contributed by atoms with Crippen molar-refractivity contribution in [2.75, 3.05) is 13.1 Å². The minimum Gasteiger partial charge on any atom is -0.370 e. The Morgan fingerprint density at radius 2 is 1.76 bits per heavy atom. The fraction of sp³-hybridized carbons (Fsp3) is 0.304. The number of nitrogens with one attached hydrogen (secondary N) is 1. The third kappa shape index (κ3) is 5.90. The Morgan fingerprint density at radius 1 is 1.03 bits per heavy atom. The van der Waals surface area contributed by atoms with E-state index in [1.54, 1.807) is 0 Å². The molecule has 3 aromatic rings. The van der Waals surface area contributed by atoms with Crippen molar-refractivity contribution in [1.82, 2.24) is 15.2 Å². The summed E-state index contributed by atoms with van der Waals surface area (Å²) in [6.07, 6.45) is 3.99. The number of aromatic nitrogens is 1. The van der Waals surface area contributed by atoms with E-state index in [2.05, 4.69) is 62.7 Å². The first kappa shape index (κ1) is 21.5. The molecule has 0 unspecified atom stereocenters. The number of likely N-dealkylation sites (tertiary alicyclic amines) is 1. The molecule has 3 N–H and O–H groups in total. The summed E-state index contributed by atoms with van der Waals surface area (Å²) in [5.74, 6) is 0.510. The second-order valence-corrected chi connectivity index (χ2v) is 7.36. The van der Waals surface area contributed by atoms with Gasteiger partial charge in [0, 0.05) is 37.3 Å². The van der Waals surface area contributed by atoms with Crippen molar-refractivity contribution < 1.29 is 0 Å². The molecule has 152 valence electrons. The SMILES string of the molecule is I.NC(=NCc1nccc2ccccc12)NC1CCN(Cc2ccccc2)CC1. The lowest BCUT2D eigenvalue weighted by Crippen LogP contribution is -2.46. The first-order valence-electron chi connectivity index (χ1n) is 9.93. The van der Waals surface area contributed by atoms with Crippen LogP contribution in [-0.4, -0.2) is 35.0 Å². The number of fused-ring (bicyclic) bond motifs is 1. The average molecular weight is 501 g/mol. The maximum absolute atomic E-state index is 6.15. The number of nitrogens with zero attached hydrogens (tertiary/aromatic N) is 3. The molecule has 0 amide bonds. The second-order valence-electron chi connectivity index (χ2n) is 7.36. The highest BCUT2D eigenvalue weighted by molar-refractivity contribution is 14.0. The minimum absolute atomic E-state index is 0. The van der Waals surface area contributed by atoms with Crippen LogP contribution in [0.4, 0.5) is 0 Å². The Morgan fingerprint density at radius 3 is 2.55 bits per heavy atom. The van der Waals surface area contributed by atoms with E-state index in [1.165, 1.54) is 10.9 Å². The van der Waals surface area contributed by atoms with Crippen LogP contribution in [0.15, 0.2) is 71.9 Å². The van der Waals surface area contributed by atoms with Crippen LogP contribution in [0, 0.1) is 0 Å². The van der Waals surface area contributed by atoms with E-state index in [0.29, 0.717) is 18.5 Å². The predicted octanol–water partition coefficient (Wildman–Crippen LogP) is 3.92. The summed E-state index contributed by atoms with van der Waals surface area (Å²) in [4.78, 5) is 11.5. The summed E-state index contributed by atoms with van der Waals surface area (Å²) >= 11 is 0. The van der Waals surface area contributed by atoms with Crippen LogP contribution in [0.3, 0.4) is 0 Å². The maximum Gasteiger partial charge on any atom is 0.189 e. The molecule has 1 aliphatic rings. The molecule has 1 fully saturated rings. The lowest BCUT2D eigenvalue weighted by Gasteiger charge is -2.32. The topological polar surface area (TPSA) is 66.5 Å². The quantitative estimate of drug-likeness (QED) is 0.316. The molecule has 0 aliphatic carbocycles. The van der Waals surface area contributed by atoms with Gasteiger partial charge < -0.3 is 11.1 Å². The number of rotatable bonds is 5. The van der Waals surface area contributed by atoms with Crippen LogP contribution >= 0.6 is 24.0 Å². The van der Waals surface area contributed by atoms with Gasteiger partial charge in [-0.1, -0.05) is 54.6 Å². The van der Waals surface area contributed by atoms with Crippen molar-refractivity contribution in [2.24, 2.45) is 10.7 Å². The first-order valence-corrected chi connectivity index (χ1v) is 9.93. The van der Waals surface area contributed by atoms with E-state index in [9.17, 15) is 0 Å². The van der Waals surface area contributed by atoms with Gasteiger partial charge in [0.2, 0.25) is 0 Å². The van der Waals surface area contributed by atoms with E-state index >= 15 is 0 Å². The van der Waals surface area contributed by atoms with Gasteiger partial charge >= 0.3 is 0 Å². The molecule has 29 heavy (non-hydrogen) atoms. The largest absolute Gasteiger partial charge is 0.370 e. The van der Waals surface area contributed by atoms with E-state index in [0.717, 1.165) is 43.6 Å². The van der Waals surface area contributed by atoms with Gasteiger partial charge in [0.05, 0.1) is 12.2 Å². The summed E-state index contributed by atoms with van der Waals surface area (Å²) in [6.45, 7) is 3.66. The molecule has 1 aromatic heterocycles.